The van der Waals surface area contributed by atoms with Gasteiger partial charge in [0, 0.05) is 10.9 Å². The van der Waals surface area contributed by atoms with Crippen molar-refractivity contribution in [3.8, 4) is 0 Å². The highest BCUT2D eigenvalue weighted by Gasteiger charge is 2.29. The molecule has 0 saturated carbocycles. The van der Waals surface area contributed by atoms with Gasteiger partial charge >= 0.3 is 0 Å². The summed E-state index contributed by atoms with van der Waals surface area (Å²) in [4.78, 5) is 12.4. The molecule has 0 aliphatic heterocycles. The maximum Gasteiger partial charge on any atom is 0.239 e. The van der Waals surface area contributed by atoms with Gasteiger partial charge in [-0.25, -0.2) is 0 Å². The van der Waals surface area contributed by atoms with Gasteiger partial charge in [0.05, 0.1) is 12.8 Å². The second kappa shape index (κ2) is 6.84. The van der Waals surface area contributed by atoms with Crippen LogP contribution in [0.4, 0.5) is 0 Å². The lowest BCUT2D eigenvalue weighted by Gasteiger charge is -2.17. The number of Topliss-reactive ketones (excluding diaryl/α,β-unsaturated/α-hetero) is 1. The standard InChI is InChI=1S/C17H19O3P/c1-3-20-21(19,16-7-5-4-6-8-16)13-17(18)15-11-9-14(2)10-12-15/h4-12H,3,13H2,1-2H3. The van der Waals surface area contributed by atoms with Crippen LogP contribution in [-0.4, -0.2) is 18.6 Å². The molecule has 0 aliphatic rings. The van der Waals surface area contributed by atoms with E-state index in [2.05, 4.69) is 0 Å². The second-order valence-corrected chi connectivity index (χ2v) is 7.31. The Morgan fingerprint density at radius 2 is 1.67 bits per heavy atom. The Labute approximate surface area is 125 Å². The van der Waals surface area contributed by atoms with Crippen LogP contribution < -0.4 is 5.30 Å². The lowest BCUT2D eigenvalue weighted by Crippen LogP contribution is -2.16. The Kier molecular flexibility index (Phi) is 5.11. The second-order valence-electron chi connectivity index (χ2n) is 4.87. The summed E-state index contributed by atoms with van der Waals surface area (Å²) >= 11 is 0. The molecule has 0 radical (unpaired) electrons. The number of carbonyl (C=O) groups is 1. The zero-order valence-corrected chi connectivity index (χ0v) is 13.2. The molecule has 0 saturated heterocycles. The third-order valence-corrected chi connectivity index (χ3v) is 5.68. The SMILES string of the molecule is CCOP(=O)(CC(=O)c1ccc(C)cc1)c1ccccc1. The molecule has 110 valence electrons. The summed E-state index contributed by atoms with van der Waals surface area (Å²) in [6, 6.07) is 16.2. The highest BCUT2D eigenvalue weighted by molar-refractivity contribution is 7.67. The van der Waals surface area contributed by atoms with Gasteiger partial charge in [0.15, 0.2) is 5.78 Å². The van der Waals surface area contributed by atoms with E-state index in [1.165, 1.54) is 0 Å². The predicted octanol–water partition coefficient (Wildman–Crippen LogP) is 3.82. The van der Waals surface area contributed by atoms with Crippen molar-refractivity contribution in [1.29, 1.82) is 0 Å². The van der Waals surface area contributed by atoms with Gasteiger partial charge in [0.2, 0.25) is 7.37 Å². The molecule has 4 heteroatoms. The van der Waals surface area contributed by atoms with Crippen molar-refractivity contribution < 1.29 is 13.9 Å². The summed E-state index contributed by atoms with van der Waals surface area (Å²) in [7, 11) is -3.15. The Balaban J connectivity index is 2.26. The van der Waals surface area contributed by atoms with E-state index in [0.717, 1.165) is 5.56 Å². The summed E-state index contributed by atoms with van der Waals surface area (Å²) in [6.45, 7) is 4.06. The molecule has 0 aliphatic carbocycles. The third kappa shape index (κ3) is 3.90. The molecule has 0 bridgehead atoms. The number of hydrogen-bond donors (Lipinski definition) is 0. The molecule has 2 aromatic carbocycles. The molecular formula is C17H19O3P. The van der Waals surface area contributed by atoms with E-state index < -0.39 is 7.37 Å². The Hall–Kier alpha value is -1.70. The third-order valence-electron chi connectivity index (χ3n) is 3.21. The maximum absolute atomic E-state index is 13.0. The molecule has 0 N–H and O–H groups in total. The Morgan fingerprint density at radius 1 is 1.05 bits per heavy atom. The van der Waals surface area contributed by atoms with Crippen LogP contribution in [0.25, 0.3) is 0 Å². The predicted molar refractivity (Wildman–Crippen MR) is 85.7 cm³/mol. The first kappa shape index (κ1) is 15.7. The Bertz CT molecular complexity index is 647. The highest BCUT2D eigenvalue weighted by atomic mass is 31.2. The largest absolute Gasteiger partial charge is 0.325 e. The van der Waals surface area contributed by atoms with E-state index in [1.54, 1.807) is 43.3 Å². The molecule has 0 heterocycles. The van der Waals surface area contributed by atoms with Crippen LogP contribution >= 0.6 is 7.37 Å². The average molecular weight is 302 g/mol. The lowest BCUT2D eigenvalue weighted by molar-refractivity contribution is 0.101. The summed E-state index contributed by atoms with van der Waals surface area (Å²) in [6.07, 6.45) is -0.103. The van der Waals surface area contributed by atoms with E-state index >= 15 is 0 Å². The van der Waals surface area contributed by atoms with Crippen LogP contribution in [0, 0.1) is 6.92 Å². The fourth-order valence-corrected chi connectivity index (χ4v) is 4.12. The molecule has 0 amide bonds. The topological polar surface area (TPSA) is 43.4 Å². The first-order valence-corrected chi connectivity index (χ1v) is 8.75. The first-order valence-electron chi connectivity index (χ1n) is 6.94. The smallest absolute Gasteiger partial charge is 0.239 e. The molecular weight excluding hydrogens is 283 g/mol. The van der Waals surface area contributed by atoms with Gasteiger partial charge in [-0.15, -0.1) is 0 Å². The van der Waals surface area contributed by atoms with Crippen molar-refractivity contribution >= 4 is 18.5 Å². The van der Waals surface area contributed by atoms with Crippen LogP contribution in [0.2, 0.25) is 0 Å². The number of ketones is 1. The lowest BCUT2D eigenvalue weighted by atomic mass is 10.1. The van der Waals surface area contributed by atoms with Crippen molar-refractivity contribution in [3.05, 3.63) is 65.7 Å². The van der Waals surface area contributed by atoms with E-state index in [-0.39, 0.29) is 11.9 Å². The van der Waals surface area contributed by atoms with Gasteiger partial charge in [-0.3, -0.25) is 9.36 Å². The van der Waals surface area contributed by atoms with Crippen molar-refractivity contribution in [2.75, 3.05) is 12.8 Å². The van der Waals surface area contributed by atoms with Gasteiger partial charge in [-0.1, -0.05) is 48.0 Å². The molecule has 0 fully saturated rings. The number of carbonyl (C=O) groups excluding carboxylic acids is 1. The van der Waals surface area contributed by atoms with Crippen molar-refractivity contribution in [2.45, 2.75) is 13.8 Å². The molecule has 1 unspecified atom stereocenters. The molecule has 0 spiro atoms. The number of benzene rings is 2. The van der Waals surface area contributed by atoms with E-state index in [0.29, 0.717) is 17.5 Å². The van der Waals surface area contributed by atoms with Gasteiger partial charge in [0.25, 0.3) is 0 Å². The van der Waals surface area contributed by atoms with Crippen molar-refractivity contribution in [1.82, 2.24) is 0 Å². The minimum Gasteiger partial charge on any atom is -0.325 e. The van der Waals surface area contributed by atoms with Crippen molar-refractivity contribution in [3.63, 3.8) is 0 Å². The van der Waals surface area contributed by atoms with E-state index in [9.17, 15) is 9.36 Å². The quantitative estimate of drug-likeness (QED) is 0.602. The van der Waals surface area contributed by atoms with Crippen molar-refractivity contribution in [2.24, 2.45) is 0 Å². The summed E-state index contributed by atoms with van der Waals surface area (Å²) < 4.78 is 18.5. The minimum absolute atomic E-state index is 0.103. The van der Waals surface area contributed by atoms with Crippen LogP contribution in [-0.2, 0) is 9.09 Å². The minimum atomic E-state index is -3.15. The summed E-state index contributed by atoms with van der Waals surface area (Å²) in [5.74, 6) is -0.157. The van der Waals surface area contributed by atoms with Gasteiger partial charge in [-0.05, 0) is 26.0 Å². The molecule has 0 aromatic heterocycles. The number of rotatable bonds is 6. The fourth-order valence-electron chi connectivity index (χ4n) is 2.09. The molecule has 3 nitrogen and oxygen atoms in total. The van der Waals surface area contributed by atoms with E-state index in [4.69, 9.17) is 4.52 Å². The molecule has 1 atom stereocenters. The van der Waals surface area contributed by atoms with Crippen LogP contribution in [0.15, 0.2) is 54.6 Å². The van der Waals surface area contributed by atoms with Gasteiger partial charge < -0.3 is 4.52 Å². The normalized spacial score (nSPS) is 13.6. The number of hydrogen-bond acceptors (Lipinski definition) is 3. The molecule has 2 aromatic rings. The van der Waals surface area contributed by atoms with Crippen LogP contribution in [0.3, 0.4) is 0 Å². The van der Waals surface area contributed by atoms with E-state index in [1.807, 2.05) is 25.1 Å². The van der Waals surface area contributed by atoms with Gasteiger partial charge in [-0.2, -0.15) is 0 Å². The zero-order chi connectivity index (χ0) is 15.3. The molecule has 21 heavy (non-hydrogen) atoms. The van der Waals surface area contributed by atoms with Crippen LogP contribution in [0.5, 0.6) is 0 Å². The van der Waals surface area contributed by atoms with Gasteiger partial charge in [0.1, 0.15) is 0 Å². The maximum atomic E-state index is 13.0. The van der Waals surface area contributed by atoms with Crippen LogP contribution in [0.1, 0.15) is 22.8 Å². The number of aryl methyl sites for hydroxylation is 1. The summed E-state index contributed by atoms with van der Waals surface area (Å²) in [5, 5.41) is 0.590. The Morgan fingerprint density at radius 3 is 2.24 bits per heavy atom. The average Bonchev–Trinajstić information content (AvgIpc) is 2.49. The first-order chi connectivity index (χ1) is 10.0. The zero-order valence-electron chi connectivity index (χ0n) is 12.3. The highest BCUT2D eigenvalue weighted by Crippen LogP contribution is 2.45. The summed E-state index contributed by atoms with van der Waals surface area (Å²) in [5.41, 5.74) is 1.65. The monoisotopic (exact) mass is 302 g/mol. The molecule has 2 rings (SSSR count). The fraction of sp³-hybridized carbons (Fsp3) is 0.235.